The topological polar surface area (TPSA) is 92.7 Å². The van der Waals surface area contributed by atoms with E-state index in [2.05, 4.69) is 10.1 Å². The standard InChI is InChI=1S/C18H14ClNO5/c1-25-16(21)10-15(11-2-4-13(5-3-11)18(23)24)20-17(22)12-6-8-14(19)9-7-12/h2-10H,1H3,(H,20,22)(H,23,24)/b15-10-. The minimum atomic E-state index is -1.07. The highest BCUT2D eigenvalue weighted by molar-refractivity contribution is 6.30. The Balaban J connectivity index is 2.31. The predicted molar refractivity (Wildman–Crippen MR) is 92.3 cm³/mol. The molecule has 0 heterocycles. The fourth-order valence-corrected chi connectivity index (χ4v) is 2.08. The van der Waals surface area contributed by atoms with Crippen molar-refractivity contribution in [2.24, 2.45) is 0 Å². The number of carbonyl (C=O) groups excluding carboxylic acids is 2. The van der Waals surface area contributed by atoms with Crippen LogP contribution >= 0.6 is 11.6 Å². The van der Waals surface area contributed by atoms with Gasteiger partial charge in [-0.2, -0.15) is 0 Å². The molecule has 0 aromatic heterocycles. The summed E-state index contributed by atoms with van der Waals surface area (Å²) in [6, 6.07) is 11.9. The molecule has 2 aromatic rings. The lowest BCUT2D eigenvalue weighted by Crippen LogP contribution is -2.22. The van der Waals surface area contributed by atoms with Crippen LogP contribution in [0, 0.1) is 0 Å². The van der Waals surface area contributed by atoms with Gasteiger partial charge in [0.25, 0.3) is 5.91 Å². The van der Waals surface area contributed by atoms with E-state index in [1.807, 2.05) is 0 Å². The number of carboxylic acids is 1. The van der Waals surface area contributed by atoms with Gasteiger partial charge in [0.2, 0.25) is 0 Å². The van der Waals surface area contributed by atoms with Crippen molar-refractivity contribution in [2.45, 2.75) is 0 Å². The molecule has 0 bridgehead atoms. The van der Waals surface area contributed by atoms with Gasteiger partial charge >= 0.3 is 11.9 Å². The third-order valence-corrected chi connectivity index (χ3v) is 3.51. The van der Waals surface area contributed by atoms with Crippen LogP contribution in [0.15, 0.2) is 54.6 Å². The molecule has 128 valence electrons. The van der Waals surface area contributed by atoms with Crippen molar-refractivity contribution in [3.05, 3.63) is 76.3 Å². The van der Waals surface area contributed by atoms with Crippen molar-refractivity contribution in [1.29, 1.82) is 0 Å². The first-order chi connectivity index (χ1) is 11.9. The van der Waals surface area contributed by atoms with Crippen molar-refractivity contribution >= 4 is 35.1 Å². The maximum Gasteiger partial charge on any atom is 0.335 e. The summed E-state index contributed by atoms with van der Waals surface area (Å²) in [6.07, 6.45) is 1.11. The highest BCUT2D eigenvalue weighted by Crippen LogP contribution is 2.15. The summed E-state index contributed by atoms with van der Waals surface area (Å²) in [5.41, 5.74) is 1.08. The van der Waals surface area contributed by atoms with Gasteiger partial charge in [-0.15, -0.1) is 0 Å². The number of rotatable bonds is 5. The summed E-state index contributed by atoms with van der Waals surface area (Å²) in [7, 11) is 1.21. The summed E-state index contributed by atoms with van der Waals surface area (Å²) in [4.78, 5) is 34.8. The van der Waals surface area contributed by atoms with Crippen molar-refractivity contribution in [2.75, 3.05) is 7.11 Å². The number of halogens is 1. The summed E-state index contributed by atoms with van der Waals surface area (Å²) < 4.78 is 4.59. The monoisotopic (exact) mass is 359 g/mol. The summed E-state index contributed by atoms with van der Waals surface area (Å²) in [5.74, 6) is -2.18. The highest BCUT2D eigenvalue weighted by atomic mass is 35.5. The van der Waals surface area contributed by atoms with Crippen LogP contribution in [0.4, 0.5) is 0 Å². The first kappa shape index (κ1) is 18.2. The van der Waals surface area contributed by atoms with Gasteiger partial charge in [-0.3, -0.25) is 4.79 Å². The second kappa shape index (κ2) is 8.12. The fraction of sp³-hybridized carbons (Fsp3) is 0.0556. The molecule has 6 nitrogen and oxygen atoms in total. The van der Waals surface area contributed by atoms with E-state index in [9.17, 15) is 14.4 Å². The number of ether oxygens (including phenoxy) is 1. The Morgan fingerprint density at radius 3 is 2.00 bits per heavy atom. The number of hydrogen-bond acceptors (Lipinski definition) is 4. The molecular weight excluding hydrogens is 346 g/mol. The first-order valence-corrected chi connectivity index (χ1v) is 7.49. The molecule has 7 heteroatoms. The van der Waals surface area contributed by atoms with Crippen LogP contribution in [-0.4, -0.2) is 30.1 Å². The normalized spacial score (nSPS) is 10.9. The molecule has 1 amide bonds. The van der Waals surface area contributed by atoms with Gasteiger partial charge < -0.3 is 15.2 Å². The van der Waals surface area contributed by atoms with Gasteiger partial charge in [-0.25, -0.2) is 9.59 Å². The molecule has 0 spiro atoms. The van der Waals surface area contributed by atoms with E-state index >= 15 is 0 Å². The highest BCUT2D eigenvalue weighted by Gasteiger charge is 2.12. The quantitative estimate of drug-likeness (QED) is 0.632. The number of hydrogen-bond donors (Lipinski definition) is 2. The predicted octanol–water partition coefficient (Wildman–Crippen LogP) is 2.98. The summed E-state index contributed by atoms with van der Waals surface area (Å²) in [6.45, 7) is 0. The Kier molecular flexibility index (Phi) is 5.92. The van der Waals surface area contributed by atoms with Gasteiger partial charge in [-0.05, 0) is 42.0 Å². The Bertz CT molecular complexity index is 826. The lowest BCUT2D eigenvalue weighted by Gasteiger charge is -2.11. The smallest absolute Gasteiger partial charge is 0.335 e. The number of carboxylic acid groups (broad SMARTS) is 1. The molecule has 0 fully saturated rings. The minimum absolute atomic E-state index is 0.0881. The lowest BCUT2D eigenvalue weighted by molar-refractivity contribution is -0.134. The second-order valence-corrected chi connectivity index (χ2v) is 5.36. The number of amides is 1. The van der Waals surface area contributed by atoms with Crippen molar-refractivity contribution in [3.63, 3.8) is 0 Å². The van der Waals surface area contributed by atoms with Crippen LogP contribution in [0.1, 0.15) is 26.3 Å². The zero-order chi connectivity index (χ0) is 18.4. The van der Waals surface area contributed by atoms with Gasteiger partial charge in [0.05, 0.1) is 18.4 Å². The molecule has 0 saturated carbocycles. The fourth-order valence-electron chi connectivity index (χ4n) is 1.96. The van der Waals surface area contributed by atoms with E-state index in [-0.39, 0.29) is 11.3 Å². The maximum absolute atomic E-state index is 12.3. The number of benzene rings is 2. The lowest BCUT2D eigenvalue weighted by atomic mass is 10.1. The average molecular weight is 360 g/mol. The van der Waals surface area contributed by atoms with E-state index in [1.165, 1.54) is 31.4 Å². The van der Waals surface area contributed by atoms with Crippen molar-refractivity contribution < 1.29 is 24.2 Å². The summed E-state index contributed by atoms with van der Waals surface area (Å²) in [5, 5.41) is 12.1. The zero-order valence-electron chi connectivity index (χ0n) is 13.2. The third kappa shape index (κ3) is 4.92. The number of nitrogens with one attached hydrogen (secondary N) is 1. The van der Waals surface area contributed by atoms with Crippen LogP contribution in [-0.2, 0) is 9.53 Å². The number of aromatic carboxylic acids is 1. The largest absolute Gasteiger partial charge is 0.478 e. The molecule has 2 rings (SSSR count). The van der Waals surface area contributed by atoms with Gasteiger partial charge in [0.1, 0.15) is 0 Å². The summed E-state index contributed by atoms with van der Waals surface area (Å²) >= 11 is 5.79. The Hall–Kier alpha value is -3.12. The molecule has 0 atom stereocenters. The van der Waals surface area contributed by atoms with Crippen LogP contribution in [0.5, 0.6) is 0 Å². The van der Waals surface area contributed by atoms with Crippen LogP contribution in [0.3, 0.4) is 0 Å². The molecule has 0 aliphatic heterocycles. The number of methoxy groups -OCH3 is 1. The molecule has 0 aliphatic carbocycles. The number of esters is 1. The molecule has 0 aliphatic rings. The van der Waals surface area contributed by atoms with Crippen LogP contribution in [0.25, 0.3) is 5.70 Å². The maximum atomic E-state index is 12.3. The molecular formula is C18H14ClNO5. The molecule has 0 unspecified atom stereocenters. The third-order valence-electron chi connectivity index (χ3n) is 3.26. The Morgan fingerprint density at radius 1 is 0.960 bits per heavy atom. The Labute approximate surface area is 148 Å². The molecule has 25 heavy (non-hydrogen) atoms. The van der Waals surface area contributed by atoms with E-state index in [0.717, 1.165) is 6.08 Å². The van der Waals surface area contributed by atoms with E-state index in [0.29, 0.717) is 16.1 Å². The van der Waals surface area contributed by atoms with Gasteiger partial charge in [0.15, 0.2) is 0 Å². The van der Waals surface area contributed by atoms with Crippen molar-refractivity contribution in [1.82, 2.24) is 5.32 Å². The van der Waals surface area contributed by atoms with Gasteiger partial charge in [0, 0.05) is 16.7 Å². The molecule has 0 saturated heterocycles. The van der Waals surface area contributed by atoms with Crippen molar-refractivity contribution in [3.8, 4) is 0 Å². The number of carbonyl (C=O) groups is 3. The van der Waals surface area contributed by atoms with Gasteiger partial charge in [-0.1, -0.05) is 23.7 Å². The van der Waals surface area contributed by atoms with Crippen LogP contribution < -0.4 is 5.32 Å². The molecule has 2 aromatic carbocycles. The molecule has 0 radical (unpaired) electrons. The van der Waals surface area contributed by atoms with E-state index < -0.39 is 17.8 Å². The SMILES string of the molecule is COC(=O)/C=C(\NC(=O)c1ccc(Cl)cc1)c1ccc(C(=O)O)cc1. The Morgan fingerprint density at radius 2 is 1.48 bits per heavy atom. The van der Waals surface area contributed by atoms with E-state index in [4.69, 9.17) is 16.7 Å². The average Bonchev–Trinajstić information content (AvgIpc) is 2.61. The van der Waals surface area contributed by atoms with Crippen LogP contribution in [0.2, 0.25) is 5.02 Å². The molecule has 2 N–H and O–H groups in total. The zero-order valence-corrected chi connectivity index (χ0v) is 13.9. The van der Waals surface area contributed by atoms with E-state index in [1.54, 1.807) is 24.3 Å². The minimum Gasteiger partial charge on any atom is -0.478 e. The first-order valence-electron chi connectivity index (χ1n) is 7.11. The second-order valence-electron chi connectivity index (χ2n) is 4.92.